The van der Waals surface area contributed by atoms with Gasteiger partial charge in [0.1, 0.15) is 5.82 Å². The molecule has 31 heavy (non-hydrogen) atoms. The van der Waals surface area contributed by atoms with E-state index in [0.717, 1.165) is 23.4 Å². The number of aromatic amines is 1. The lowest BCUT2D eigenvalue weighted by Crippen LogP contribution is -2.16. The zero-order valence-corrected chi connectivity index (χ0v) is 16.9. The predicted molar refractivity (Wildman–Crippen MR) is 116 cm³/mol. The summed E-state index contributed by atoms with van der Waals surface area (Å²) in [5.74, 6) is -0.932. The van der Waals surface area contributed by atoms with Crippen LogP contribution in [0.5, 0.6) is 0 Å². The average molecular weight is 436 g/mol. The first-order chi connectivity index (χ1) is 14.9. The van der Waals surface area contributed by atoms with E-state index < -0.39 is 21.7 Å². The Bertz CT molecular complexity index is 1320. The molecule has 0 radical (unpaired) electrons. The maximum atomic E-state index is 13.0. The minimum absolute atomic E-state index is 0.0873. The fourth-order valence-electron chi connectivity index (χ4n) is 2.92. The van der Waals surface area contributed by atoms with Crippen LogP contribution in [0, 0.1) is 5.82 Å². The summed E-state index contributed by atoms with van der Waals surface area (Å²) in [7, 11) is -3.95. The molecule has 3 N–H and O–H groups in total. The molecule has 7 nitrogen and oxygen atoms in total. The van der Waals surface area contributed by atoms with Crippen molar-refractivity contribution in [1.82, 2.24) is 10.2 Å². The maximum absolute atomic E-state index is 13.0. The molecule has 0 unspecified atom stereocenters. The van der Waals surface area contributed by atoms with Crippen LogP contribution in [0.3, 0.4) is 0 Å². The van der Waals surface area contributed by atoms with E-state index in [1.54, 1.807) is 24.4 Å². The summed E-state index contributed by atoms with van der Waals surface area (Å²) in [5, 5.41) is 9.53. The molecule has 4 rings (SSSR count). The van der Waals surface area contributed by atoms with Gasteiger partial charge in [0.05, 0.1) is 10.6 Å². The highest BCUT2D eigenvalue weighted by Gasteiger charge is 2.17. The first-order valence-electron chi connectivity index (χ1n) is 9.20. The van der Waals surface area contributed by atoms with Crippen molar-refractivity contribution in [2.24, 2.45) is 0 Å². The van der Waals surface area contributed by atoms with Crippen molar-refractivity contribution in [3.63, 3.8) is 0 Å². The number of carbonyl (C=O) groups is 1. The van der Waals surface area contributed by atoms with Crippen LogP contribution in [0.15, 0.2) is 90.0 Å². The van der Waals surface area contributed by atoms with Crippen molar-refractivity contribution in [2.45, 2.75) is 4.90 Å². The molecule has 0 saturated carbocycles. The van der Waals surface area contributed by atoms with Crippen LogP contribution in [0.2, 0.25) is 0 Å². The molecule has 1 aromatic heterocycles. The minimum Gasteiger partial charge on any atom is -0.322 e. The van der Waals surface area contributed by atoms with Gasteiger partial charge in [-0.05, 0) is 60.7 Å². The summed E-state index contributed by atoms with van der Waals surface area (Å²) in [4.78, 5) is 12.6. The Morgan fingerprint density at radius 3 is 2.42 bits per heavy atom. The molecular formula is C22H17FN4O3S. The van der Waals surface area contributed by atoms with E-state index in [2.05, 4.69) is 20.2 Å². The number of amides is 1. The molecule has 1 heterocycles. The van der Waals surface area contributed by atoms with Crippen molar-refractivity contribution >= 4 is 27.3 Å². The van der Waals surface area contributed by atoms with Crippen LogP contribution in [-0.2, 0) is 10.0 Å². The number of sulfonamides is 1. The monoisotopic (exact) mass is 436 g/mol. The number of rotatable bonds is 6. The number of halogens is 1. The number of aromatic nitrogens is 2. The Labute approximate surface area is 178 Å². The standard InChI is InChI=1S/C22H17FN4O3S/c23-17-7-9-18(10-8-17)27-31(29,30)20-6-2-4-16(14-20)22(28)25-19-5-1-3-15(13-19)21-11-12-24-26-21/h1-14,27H,(H,24,26)(H,25,28). The van der Waals surface area contributed by atoms with Crippen molar-refractivity contribution in [2.75, 3.05) is 10.0 Å². The second-order valence-corrected chi connectivity index (χ2v) is 8.33. The van der Waals surface area contributed by atoms with Crippen LogP contribution < -0.4 is 10.0 Å². The number of benzene rings is 3. The van der Waals surface area contributed by atoms with E-state index in [1.165, 1.54) is 36.4 Å². The highest BCUT2D eigenvalue weighted by Crippen LogP contribution is 2.22. The van der Waals surface area contributed by atoms with Gasteiger partial charge < -0.3 is 5.32 Å². The highest BCUT2D eigenvalue weighted by atomic mass is 32.2. The van der Waals surface area contributed by atoms with Crippen LogP contribution >= 0.6 is 0 Å². The van der Waals surface area contributed by atoms with Gasteiger partial charge in [-0.2, -0.15) is 5.10 Å². The van der Waals surface area contributed by atoms with E-state index in [0.29, 0.717) is 5.69 Å². The molecule has 0 fully saturated rings. The topological polar surface area (TPSA) is 104 Å². The number of H-pyrrole nitrogens is 1. The zero-order valence-electron chi connectivity index (χ0n) is 16.0. The first-order valence-corrected chi connectivity index (χ1v) is 10.7. The molecule has 0 aliphatic carbocycles. The van der Waals surface area contributed by atoms with Gasteiger partial charge in [0.2, 0.25) is 0 Å². The third-order valence-electron chi connectivity index (χ3n) is 4.44. The van der Waals surface area contributed by atoms with Gasteiger partial charge in [0.15, 0.2) is 0 Å². The molecule has 0 atom stereocenters. The number of nitrogens with one attached hydrogen (secondary N) is 3. The fraction of sp³-hybridized carbons (Fsp3) is 0. The molecule has 0 aliphatic rings. The molecule has 0 saturated heterocycles. The first kappa shape index (κ1) is 20.3. The fourth-order valence-corrected chi connectivity index (χ4v) is 4.02. The SMILES string of the molecule is O=C(Nc1cccc(-c2ccn[nH]2)c1)c1cccc(S(=O)(=O)Nc2ccc(F)cc2)c1. The number of anilines is 2. The third kappa shape index (κ3) is 4.78. The predicted octanol–water partition coefficient (Wildman–Crippen LogP) is 4.27. The van der Waals surface area contributed by atoms with Gasteiger partial charge >= 0.3 is 0 Å². The van der Waals surface area contributed by atoms with Gasteiger partial charge in [-0.1, -0.05) is 18.2 Å². The van der Waals surface area contributed by atoms with E-state index in [9.17, 15) is 17.6 Å². The van der Waals surface area contributed by atoms with Crippen molar-refractivity contribution in [1.29, 1.82) is 0 Å². The number of nitrogens with zero attached hydrogens (tertiary/aromatic N) is 1. The number of carbonyl (C=O) groups excluding carboxylic acids is 1. The van der Waals surface area contributed by atoms with Gasteiger partial charge in [0.25, 0.3) is 15.9 Å². The second-order valence-electron chi connectivity index (χ2n) is 6.65. The molecule has 4 aromatic rings. The summed E-state index contributed by atoms with van der Waals surface area (Å²) in [6.07, 6.45) is 1.63. The molecule has 156 valence electrons. The number of hydrogen-bond donors (Lipinski definition) is 3. The maximum Gasteiger partial charge on any atom is 0.261 e. The summed E-state index contributed by atoms with van der Waals surface area (Å²) in [6.45, 7) is 0. The molecular weight excluding hydrogens is 419 g/mol. The summed E-state index contributed by atoms with van der Waals surface area (Å²) in [5.41, 5.74) is 2.58. The quantitative estimate of drug-likeness (QED) is 0.420. The summed E-state index contributed by atoms with van der Waals surface area (Å²) in [6, 6.07) is 19.6. The molecule has 3 aromatic carbocycles. The Balaban J connectivity index is 1.53. The molecule has 0 bridgehead atoms. The lowest BCUT2D eigenvalue weighted by atomic mass is 10.1. The van der Waals surface area contributed by atoms with Gasteiger partial charge in [-0.3, -0.25) is 14.6 Å². The smallest absolute Gasteiger partial charge is 0.261 e. The molecule has 9 heteroatoms. The Morgan fingerprint density at radius 2 is 1.68 bits per heavy atom. The minimum atomic E-state index is -3.95. The lowest BCUT2D eigenvalue weighted by molar-refractivity contribution is 0.102. The Hall–Kier alpha value is -3.98. The highest BCUT2D eigenvalue weighted by molar-refractivity contribution is 7.92. The van der Waals surface area contributed by atoms with Crippen molar-refractivity contribution < 1.29 is 17.6 Å². The third-order valence-corrected chi connectivity index (χ3v) is 5.81. The Morgan fingerprint density at radius 1 is 0.903 bits per heavy atom. The van der Waals surface area contributed by atoms with Gasteiger partial charge in [-0.15, -0.1) is 0 Å². The normalized spacial score (nSPS) is 11.1. The molecule has 0 spiro atoms. The van der Waals surface area contributed by atoms with Crippen LogP contribution in [0.25, 0.3) is 11.3 Å². The van der Waals surface area contributed by atoms with Crippen molar-refractivity contribution in [3.05, 3.63) is 96.4 Å². The molecule has 1 amide bonds. The van der Waals surface area contributed by atoms with Gasteiger partial charge in [0, 0.05) is 28.7 Å². The van der Waals surface area contributed by atoms with E-state index in [4.69, 9.17) is 0 Å². The van der Waals surface area contributed by atoms with Gasteiger partial charge in [-0.25, -0.2) is 12.8 Å². The van der Waals surface area contributed by atoms with Crippen LogP contribution in [0.4, 0.5) is 15.8 Å². The average Bonchev–Trinajstić information content (AvgIpc) is 3.31. The summed E-state index contributed by atoms with van der Waals surface area (Å²) < 4.78 is 40.7. The van der Waals surface area contributed by atoms with Crippen LogP contribution in [-0.4, -0.2) is 24.5 Å². The second kappa shape index (κ2) is 8.41. The van der Waals surface area contributed by atoms with E-state index in [-0.39, 0.29) is 16.1 Å². The summed E-state index contributed by atoms with van der Waals surface area (Å²) >= 11 is 0. The molecule has 0 aliphatic heterocycles. The number of hydrogen-bond acceptors (Lipinski definition) is 4. The Kier molecular flexibility index (Phi) is 5.50. The lowest BCUT2D eigenvalue weighted by Gasteiger charge is -2.10. The van der Waals surface area contributed by atoms with Crippen molar-refractivity contribution in [3.8, 4) is 11.3 Å². The van der Waals surface area contributed by atoms with E-state index in [1.807, 2.05) is 12.1 Å². The van der Waals surface area contributed by atoms with Crippen LogP contribution in [0.1, 0.15) is 10.4 Å². The largest absolute Gasteiger partial charge is 0.322 e. The van der Waals surface area contributed by atoms with E-state index >= 15 is 0 Å². The zero-order chi connectivity index (χ0) is 21.8.